The Hall–Kier alpha value is -19.3. The predicted octanol–water partition coefficient (Wildman–Crippen LogP) is 37.2. The van der Waals surface area contributed by atoms with Gasteiger partial charge in [0.1, 0.15) is 11.2 Å². The summed E-state index contributed by atoms with van der Waals surface area (Å²) in [7, 11) is 0. The van der Waals surface area contributed by atoms with E-state index in [-0.39, 0.29) is 0 Å². The second-order valence-electron chi connectivity index (χ2n) is 37.8. The average Bonchev–Trinajstić information content (AvgIpc) is 1.56. The zero-order valence-electron chi connectivity index (χ0n) is 79.1. The third-order valence-electron chi connectivity index (χ3n) is 29.6. The van der Waals surface area contributed by atoms with E-state index in [0.717, 1.165) is 50.4 Å². The van der Waals surface area contributed by atoms with Gasteiger partial charge in [0.05, 0.1) is 66.2 Å². The highest BCUT2D eigenvalue weighted by atomic mass is 16.3. The molecule has 7 heteroatoms. The Morgan fingerprint density at radius 3 is 0.648 bits per heavy atom. The summed E-state index contributed by atoms with van der Waals surface area (Å²) in [5, 5.41) is 17.2. The Morgan fingerprint density at radius 2 is 0.310 bits per heavy atom. The molecule has 0 N–H and O–H groups in total. The van der Waals surface area contributed by atoms with Crippen LogP contribution < -0.4 is 0 Å². The van der Waals surface area contributed by atoms with Crippen molar-refractivity contribution < 1.29 is 4.42 Å². The molecular weight excluding hydrogens is 1760 g/mol. The van der Waals surface area contributed by atoms with E-state index >= 15 is 0 Å². The zero-order valence-corrected chi connectivity index (χ0v) is 79.1. The van der Waals surface area contributed by atoms with Crippen molar-refractivity contribution >= 4 is 153 Å². The minimum Gasteiger partial charge on any atom is -0.456 e. The molecule has 30 aromatic rings. The first-order valence-electron chi connectivity index (χ1n) is 49.7. The molecular formula is C138H90N6O. The third-order valence-corrected chi connectivity index (χ3v) is 29.6. The number of benzene rings is 23. The Balaban J connectivity index is 0.000000106. The van der Waals surface area contributed by atoms with Crippen LogP contribution in [0.15, 0.2) is 550 Å². The molecule has 7 aromatic heterocycles. The molecule has 0 atom stereocenters. The number of hydrogen-bond donors (Lipinski definition) is 0. The highest BCUT2D eigenvalue weighted by Gasteiger charge is 2.26. The average molecular weight is 1850 g/mol. The number of furan rings is 1. The lowest BCUT2D eigenvalue weighted by Gasteiger charge is -2.12. The molecule has 0 spiro atoms. The highest BCUT2D eigenvalue weighted by Crippen LogP contribution is 2.47. The van der Waals surface area contributed by atoms with Gasteiger partial charge in [-0.15, -0.1) is 0 Å². The predicted molar refractivity (Wildman–Crippen MR) is 611 cm³/mol. The maximum atomic E-state index is 6.20. The molecule has 7 heterocycles. The third kappa shape index (κ3) is 14.3. The number of hydrogen-bond acceptors (Lipinski definition) is 1. The van der Waals surface area contributed by atoms with Gasteiger partial charge in [0.25, 0.3) is 0 Å². The highest BCUT2D eigenvalue weighted by molar-refractivity contribution is 6.23. The smallest absolute Gasteiger partial charge is 0.135 e. The van der Waals surface area contributed by atoms with Crippen LogP contribution in [0.25, 0.3) is 265 Å². The van der Waals surface area contributed by atoms with Gasteiger partial charge < -0.3 is 31.8 Å². The molecule has 145 heavy (non-hydrogen) atoms. The van der Waals surface area contributed by atoms with Crippen molar-refractivity contribution in [2.75, 3.05) is 0 Å². The molecule has 0 saturated carbocycles. The van der Waals surface area contributed by atoms with E-state index in [1.165, 1.54) is 214 Å². The Kier molecular flexibility index (Phi) is 20.2. The first-order chi connectivity index (χ1) is 71.9. The van der Waals surface area contributed by atoms with Gasteiger partial charge in [0.2, 0.25) is 0 Å². The number of fused-ring (bicyclic) bond motifs is 21. The minimum atomic E-state index is 0.903. The van der Waals surface area contributed by atoms with Gasteiger partial charge in [-0.25, -0.2) is 0 Å². The van der Waals surface area contributed by atoms with E-state index in [2.05, 4.69) is 561 Å². The Morgan fingerprint density at radius 1 is 0.103 bits per heavy atom. The summed E-state index contributed by atoms with van der Waals surface area (Å²) in [5.74, 6) is 0. The summed E-state index contributed by atoms with van der Waals surface area (Å²) < 4.78 is 20.7. The maximum absolute atomic E-state index is 6.20. The molecule has 7 nitrogen and oxygen atoms in total. The van der Waals surface area contributed by atoms with E-state index in [4.69, 9.17) is 4.42 Å². The van der Waals surface area contributed by atoms with Crippen molar-refractivity contribution in [1.82, 2.24) is 27.4 Å². The topological polar surface area (TPSA) is 42.7 Å². The molecule has 23 aromatic carbocycles. The number of aromatic nitrogens is 6. The van der Waals surface area contributed by atoms with Crippen LogP contribution in [0.3, 0.4) is 0 Å². The second kappa shape index (κ2) is 34.9. The number of nitrogens with zero attached hydrogens (tertiary/aromatic N) is 6. The van der Waals surface area contributed by atoms with E-state index < -0.39 is 0 Å². The summed E-state index contributed by atoms with van der Waals surface area (Å²) >= 11 is 0. The van der Waals surface area contributed by atoms with E-state index in [1.54, 1.807) is 0 Å². The van der Waals surface area contributed by atoms with E-state index in [9.17, 15) is 0 Å². The Labute approximate surface area is 836 Å². The van der Waals surface area contributed by atoms with Crippen molar-refractivity contribution in [2.45, 2.75) is 0 Å². The van der Waals surface area contributed by atoms with Crippen LogP contribution in [-0.2, 0) is 0 Å². The van der Waals surface area contributed by atoms with Crippen molar-refractivity contribution in [3.8, 4) is 112 Å². The van der Waals surface area contributed by atoms with Crippen LogP contribution >= 0.6 is 0 Å². The van der Waals surface area contributed by atoms with Gasteiger partial charge in [-0.2, -0.15) is 0 Å². The van der Waals surface area contributed by atoms with Crippen LogP contribution in [0.5, 0.6) is 0 Å². The zero-order chi connectivity index (χ0) is 95.5. The van der Waals surface area contributed by atoms with E-state index in [1.807, 2.05) is 12.1 Å². The second-order valence-corrected chi connectivity index (χ2v) is 37.8. The fourth-order valence-electron chi connectivity index (χ4n) is 22.9. The molecule has 0 aliphatic heterocycles. The molecule has 0 saturated heterocycles. The molecule has 0 aliphatic rings. The van der Waals surface area contributed by atoms with Crippen LogP contribution in [0, 0.1) is 0 Å². The van der Waals surface area contributed by atoms with Crippen LogP contribution in [0.1, 0.15) is 0 Å². The van der Waals surface area contributed by atoms with Gasteiger partial charge in [-0.1, -0.05) is 388 Å². The molecule has 0 radical (unpaired) electrons. The standard InChI is InChI=1S/C48H30N2O.C48H32N2.C42H28N2/c1-2-11-31(12-3-1)32-21-23-33(24-22-32)34-13-10-14-35(27-34)49-43-18-7-4-15-37(43)40-30-46-41(29-45(40)49)38-16-5-8-19-44(38)50(46)36-25-26-48-42(28-36)39-17-6-9-20-47(39)51-48;1-3-13-33(14-4-1)35-25-27-36(28-26-35)38-18-12-20-40(30-38)50-46-24-10-8-22-42(46)44-31-47-43(32-48(44)50)41-21-7-9-23-45(41)49(47)39-19-11-17-37(29-39)34-15-5-2-6-16-34;1-3-13-29(14-4-1)33-17-7-8-18-34(33)30-23-25-32(26-24-30)44-40-22-12-10-20-36(40)38-27-41-37(28-42(38)44)35-19-9-11-21-39(35)43(41)31-15-5-2-6-16-31/h1-30H;1-32H;1-28H. The van der Waals surface area contributed by atoms with Gasteiger partial charge in [0.15, 0.2) is 0 Å². The SMILES string of the molecule is c1ccc(-c2ccc(-c3cccc(-n4c5ccccc5c5cc6c(cc54)c4ccccc4n6-c4ccc5oc6ccccc6c5c4)c3)cc2)cc1.c1ccc(-c2ccc(-c3cccc(-n4c5ccccc5c5cc6c(cc54)c4ccccc4n6-c4cccc(-c5ccccc5)c4)c3)cc2)cc1.c1ccc(-c2ccccc2-c2ccc(-n3c4ccccc4c4cc5c(cc43)c3ccccc3n5-c3ccccc3)cc2)cc1. The Bertz CT molecular complexity index is 10300. The van der Waals surface area contributed by atoms with Crippen molar-refractivity contribution in [3.05, 3.63) is 546 Å². The van der Waals surface area contributed by atoms with Crippen LogP contribution in [-0.4, -0.2) is 27.4 Å². The van der Waals surface area contributed by atoms with Gasteiger partial charge in [0, 0.05) is 110 Å². The monoisotopic (exact) mass is 1850 g/mol. The minimum absolute atomic E-state index is 0.903. The molecule has 0 aliphatic carbocycles. The van der Waals surface area contributed by atoms with Gasteiger partial charge in [-0.05, 0) is 236 Å². The maximum Gasteiger partial charge on any atom is 0.135 e. The lowest BCUT2D eigenvalue weighted by molar-refractivity contribution is 0.669. The molecule has 0 amide bonds. The molecule has 30 rings (SSSR count). The lowest BCUT2D eigenvalue weighted by atomic mass is 9.94. The summed E-state index contributed by atoms with van der Waals surface area (Å²) in [6.45, 7) is 0. The van der Waals surface area contributed by atoms with Crippen molar-refractivity contribution in [2.24, 2.45) is 0 Å². The largest absolute Gasteiger partial charge is 0.456 e. The van der Waals surface area contributed by atoms with Gasteiger partial charge >= 0.3 is 0 Å². The summed E-state index contributed by atoms with van der Waals surface area (Å²) in [6.07, 6.45) is 0. The lowest BCUT2D eigenvalue weighted by Crippen LogP contribution is -1.95. The van der Waals surface area contributed by atoms with Crippen molar-refractivity contribution in [1.29, 1.82) is 0 Å². The molecule has 678 valence electrons. The molecule has 0 bridgehead atoms. The summed E-state index contributed by atoms with van der Waals surface area (Å²) in [5.41, 5.74) is 40.2. The number of para-hydroxylation sites is 8. The quantitative estimate of drug-likeness (QED) is 0.113. The first-order valence-corrected chi connectivity index (χ1v) is 49.7. The van der Waals surface area contributed by atoms with Crippen molar-refractivity contribution in [3.63, 3.8) is 0 Å². The number of rotatable bonds is 13. The van der Waals surface area contributed by atoms with Crippen LogP contribution in [0.4, 0.5) is 0 Å². The fourth-order valence-corrected chi connectivity index (χ4v) is 22.9. The molecule has 0 unspecified atom stereocenters. The molecule has 0 fully saturated rings. The van der Waals surface area contributed by atoms with Crippen LogP contribution in [0.2, 0.25) is 0 Å². The normalized spacial score (nSPS) is 11.7. The van der Waals surface area contributed by atoms with Gasteiger partial charge in [-0.3, -0.25) is 0 Å². The summed E-state index contributed by atoms with van der Waals surface area (Å²) in [6, 6.07) is 197. The fraction of sp³-hybridized carbons (Fsp3) is 0. The summed E-state index contributed by atoms with van der Waals surface area (Å²) in [4.78, 5) is 0. The van der Waals surface area contributed by atoms with E-state index in [0.29, 0.717) is 0 Å². The first kappa shape index (κ1) is 83.8.